The molecule has 0 aromatic carbocycles. The molecular formula is C9H17F. The van der Waals surface area contributed by atoms with Gasteiger partial charge in [0.1, 0.15) is 0 Å². The molecule has 0 saturated heterocycles. The Morgan fingerprint density at radius 2 is 1.10 bits per heavy atom. The molecule has 1 heteroatoms. The number of halogens is 1. The maximum Gasteiger partial charge on any atom is 0.0824 e. The third-order valence-corrected chi connectivity index (χ3v) is 0.459. The lowest BCUT2D eigenvalue weighted by Crippen LogP contribution is -1.26. The molecule has 0 bridgehead atoms. The first-order valence-electron chi connectivity index (χ1n) is 3.12. The maximum atomic E-state index is 10.5. The highest BCUT2D eigenvalue weighted by Gasteiger charge is 1.38. The third kappa shape index (κ3) is 204. The Morgan fingerprint density at radius 3 is 1.10 bits per heavy atom. The predicted octanol–water partition coefficient (Wildman–Crippen LogP) is 3.87. The third-order valence-electron chi connectivity index (χ3n) is 0.459. The number of hydrogen-bond acceptors (Lipinski definition) is 0. The second kappa shape index (κ2) is 42.0. The molecule has 0 atom stereocenters. The van der Waals surface area contributed by atoms with Crippen molar-refractivity contribution >= 4 is 0 Å². The molecule has 0 radical (unpaired) electrons. The molecule has 0 N–H and O–H groups in total. The second-order valence-electron chi connectivity index (χ2n) is 1.13. The van der Waals surface area contributed by atoms with Gasteiger partial charge < -0.3 is 0 Å². The fraction of sp³-hybridized carbons (Fsp3) is 0.333. The summed E-state index contributed by atoms with van der Waals surface area (Å²) in [4.78, 5) is 0. The van der Waals surface area contributed by atoms with Crippen LogP contribution < -0.4 is 0 Å². The van der Waals surface area contributed by atoms with Crippen LogP contribution in [0.1, 0.15) is 20.8 Å². The molecule has 60 valence electrons. The van der Waals surface area contributed by atoms with Crippen molar-refractivity contribution in [2.24, 2.45) is 0 Å². The van der Waals surface area contributed by atoms with Gasteiger partial charge in [0, 0.05) is 0 Å². The van der Waals surface area contributed by atoms with Gasteiger partial charge in [-0.15, -0.1) is 13.2 Å². The van der Waals surface area contributed by atoms with Crippen LogP contribution >= 0.6 is 0 Å². The first kappa shape index (κ1) is 16.1. The molecule has 0 heterocycles. The Morgan fingerprint density at radius 1 is 0.900 bits per heavy atom. The number of rotatable bonds is 0. The highest BCUT2D eigenvalue weighted by molar-refractivity contribution is 4.68. The number of allylic oxidation sites excluding steroid dienone is 3. The minimum absolute atomic E-state index is 0.500. The van der Waals surface area contributed by atoms with Gasteiger partial charge in [-0.2, -0.15) is 0 Å². The van der Waals surface area contributed by atoms with Gasteiger partial charge in [0.15, 0.2) is 0 Å². The van der Waals surface area contributed by atoms with E-state index in [2.05, 4.69) is 13.2 Å². The van der Waals surface area contributed by atoms with Crippen molar-refractivity contribution in [2.45, 2.75) is 20.8 Å². The van der Waals surface area contributed by atoms with E-state index < -0.39 is 0 Å². The van der Waals surface area contributed by atoms with Gasteiger partial charge in [-0.25, -0.2) is 4.39 Å². The van der Waals surface area contributed by atoms with Gasteiger partial charge >= 0.3 is 0 Å². The molecular weight excluding hydrogens is 127 g/mol. The van der Waals surface area contributed by atoms with Gasteiger partial charge in [-0.3, -0.25) is 0 Å². The zero-order chi connectivity index (χ0) is 8.83. The average Bonchev–Trinajstić information content (AvgIpc) is 2.08. The van der Waals surface area contributed by atoms with Gasteiger partial charge in [0.05, 0.1) is 6.33 Å². The zero-order valence-corrected chi connectivity index (χ0v) is 7.10. The van der Waals surface area contributed by atoms with Crippen LogP contribution in [0.5, 0.6) is 0 Å². The summed E-state index contributed by atoms with van der Waals surface area (Å²) in [7, 11) is 0. The molecule has 0 aliphatic heterocycles. The van der Waals surface area contributed by atoms with Gasteiger partial charge in [-0.1, -0.05) is 18.2 Å². The smallest absolute Gasteiger partial charge is 0.0824 e. The van der Waals surface area contributed by atoms with Crippen molar-refractivity contribution in [1.82, 2.24) is 0 Å². The van der Waals surface area contributed by atoms with Crippen molar-refractivity contribution in [3.8, 4) is 0 Å². The molecule has 0 aliphatic carbocycles. The molecule has 0 nitrogen and oxygen atoms in total. The van der Waals surface area contributed by atoms with E-state index in [9.17, 15) is 4.39 Å². The van der Waals surface area contributed by atoms with Crippen LogP contribution in [0, 0.1) is 0 Å². The summed E-state index contributed by atoms with van der Waals surface area (Å²) in [5, 5.41) is 0. The summed E-state index contributed by atoms with van der Waals surface area (Å²) < 4.78 is 10.5. The molecule has 0 fully saturated rings. The topological polar surface area (TPSA) is 0 Å². The molecule has 0 unspecified atom stereocenters. The Labute approximate surface area is 63.8 Å². The van der Waals surface area contributed by atoms with E-state index in [4.69, 9.17) is 0 Å². The van der Waals surface area contributed by atoms with Crippen LogP contribution in [0.15, 0.2) is 37.7 Å². The van der Waals surface area contributed by atoms with E-state index in [0.29, 0.717) is 6.33 Å². The molecule has 0 amide bonds. The Kier molecular flexibility index (Phi) is 67.5. The minimum atomic E-state index is 0.500. The Hall–Kier alpha value is -0.850. The first-order valence-corrected chi connectivity index (χ1v) is 3.12. The van der Waals surface area contributed by atoms with Crippen molar-refractivity contribution in [2.75, 3.05) is 0 Å². The average molecular weight is 144 g/mol. The summed E-state index contributed by atoms with van der Waals surface area (Å²) in [6.07, 6.45) is 5.83. The van der Waals surface area contributed by atoms with E-state index >= 15 is 0 Å². The molecule has 10 heavy (non-hydrogen) atoms. The van der Waals surface area contributed by atoms with Crippen molar-refractivity contribution in [3.05, 3.63) is 37.7 Å². The van der Waals surface area contributed by atoms with Crippen molar-refractivity contribution < 1.29 is 4.39 Å². The van der Waals surface area contributed by atoms with Crippen LogP contribution in [0.25, 0.3) is 0 Å². The highest BCUT2D eigenvalue weighted by atomic mass is 19.1. The molecule has 0 aromatic rings. The van der Waals surface area contributed by atoms with E-state index in [1.807, 2.05) is 26.0 Å². The van der Waals surface area contributed by atoms with Crippen LogP contribution in [-0.4, -0.2) is 0 Å². The van der Waals surface area contributed by atoms with Crippen LogP contribution in [0.2, 0.25) is 0 Å². The molecule has 0 aliphatic rings. The summed E-state index contributed by atoms with van der Waals surface area (Å²) in [5.41, 5.74) is 0. The van der Waals surface area contributed by atoms with E-state index in [0.717, 1.165) is 0 Å². The monoisotopic (exact) mass is 144 g/mol. The van der Waals surface area contributed by atoms with Crippen LogP contribution in [-0.2, 0) is 0 Å². The SMILES string of the molecule is C/C=C/F.C/C=C\C.C=C. The molecule has 0 aromatic heterocycles. The van der Waals surface area contributed by atoms with Crippen molar-refractivity contribution in [3.63, 3.8) is 0 Å². The normalized spacial score (nSPS) is 8.00. The fourth-order valence-electron chi connectivity index (χ4n) is 0. The Bertz CT molecular complexity index is 54.8. The fourth-order valence-corrected chi connectivity index (χ4v) is 0. The van der Waals surface area contributed by atoms with Crippen molar-refractivity contribution in [1.29, 1.82) is 0 Å². The molecule has 0 saturated carbocycles. The van der Waals surface area contributed by atoms with E-state index in [-0.39, 0.29) is 0 Å². The standard InChI is InChI=1S/C4H8.C3H5F.C2H4/c1-3-4-2;1-2-3-4;1-2/h3-4H,1-2H3;2-3H,1H3;1-2H2/b4-3-;3-2+;. The lowest BCUT2D eigenvalue weighted by atomic mass is 10.6. The molecule has 0 spiro atoms. The predicted molar refractivity (Wildman–Crippen MR) is 47.7 cm³/mol. The van der Waals surface area contributed by atoms with E-state index in [1.165, 1.54) is 6.08 Å². The number of hydrogen-bond donors (Lipinski definition) is 0. The van der Waals surface area contributed by atoms with E-state index in [1.54, 1.807) is 6.92 Å². The van der Waals surface area contributed by atoms with Gasteiger partial charge in [0.25, 0.3) is 0 Å². The van der Waals surface area contributed by atoms with Crippen LogP contribution in [0.4, 0.5) is 4.39 Å². The molecule has 0 rings (SSSR count). The lowest BCUT2D eigenvalue weighted by molar-refractivity contribution is 0.719. The van der Waals surface area contributed by atoms with Gasteiger partial charge in [0.2, 0.25) is 0 Å². The quantitative estimate of drug-likeness (QED) is 0.453. The van der Waals surface area contributed by atoms with Gasteiger partial charge in [-0.05, 0) is 20.8 Å². The summed E-state index contributed by atoms with van der Waals surface area (Å²) >= 11 is 0. The first-order chi connectivity index (χ1) is 4.83. The zero-order valence-electron chi connectivity index (χ0n) is 7.10. The highest BCUT2D eigenvalue weighted by Crippen LogP contribution is 1.62. The van der Waals surface area contributed by atoms with Crippen LogP contribution in [0.3, 0.4) is 0 Å². The largest absolute Gasteiger partial charge is 0.216 e. The summed E-state index contributed by atoms with van der Waals surface area (Å²) in [6, 6.07) is 0. The minimum Gasteiger partial charge on any atom is -0.216 e. The summed E-state index contributed by atoms with van der Waals surface area (Å²) in [5.74, 6) is 0. The Balaban J connectivity index is -0.0000000787. The second-order valence-corrected chi connectivity index (χ2v) is 1.13. The summed E-state index contributed by atoms with van der Waals surface area (Å²) in [6.45, 7) is 11.6. The lowest BCUT2D eigenvalue weighted by Gasteiger charge is -1.49. The maximum absolute atomic E-state index is 10.5.